The minimum absolute atomic E-state index is 0.293. The van der Waals surface area contributed by atoms with Crippen LogP contribution in [0.2, 0.25) is 0 Å². The smallest absolute Gasteiger partial charge is 0.104 e. The first-order valence-corrected chi connectivity index (χ1v) is 25.2. The van der Waals surface area contributed by atoms with Crippen LogP contribution in [0.4, 0.5) is 0 Å². The highest BCUT2D eigenvalue weighted by atomic mass is 32.1. The van der Waals surface area contributed by atoms with E-state index in [-0.39, 0.29) is 5.41 Å². The molecular weight excluding hydrogens is 883 g/mol. The van der Waals surface area contributed by atoms with Crippen molar-refractivity contribution in [3.05, 3.63) is 215 Å². The number of para-hydroxylation sites is 5. The molecule has 0 bridgehead atoms. The van der Waals surface area contributed by atoms with Crippen molar-refractivity contribution in [1.29, 1.82) is 10.5 Å². The maximum Gasteiger partial charge on any atom is 0.104 e. The van der Waals surface area contributed by atoms with Gasteiger partial charge in [0.25, 0.3) is 0 Å². The van der Waals surface area contributed by atoms with Crippen LogP contribution in [0.1, 0.15) is 53.0 Å². The summed E-state index contributed by atoms with van der Waals surface area (Å²) >= 11 is 1.83. The van der Waals surface area contributed by atoms with Crippen molar-refractivity contribution in [2.24, 2.45) is 0 Å². The normalized spacial score (nSPS) is 13.7. The lowest BCUT2D eigenvalue weighted by Crippen LogP contribution is -2.15. The number of nitrogens with zero attached hydrogens (tertiary/aromatic N) is 5. The molecule has 0 atom stereocenters. The van der Waals surface area contributed by atoms with Gasteiger partial charge in [-0.3, -0.25) is 0 Å². The summed E-state index contributed by atoms with van der Waals surface area (Å²) in [5.41, 5.74) is 16.3. The summed E-state index contributed by atoms with van der Waals surface area (Å²) in [6.45, 7) is 4.62. The number of thiophene rings is 1. The topological polar surface area (TPSA) is 62.4 Å². The fraction of sp³-hybridized carbons (Fsp3) is 0.0769. The van der Waals surface area contributed by atoms with Gasteiger partial charge in [0.15, 0.2) is 0 Å². The highest BCUT2D eigenvalue weighted by Crippen LogP contribution is 2.55. The monoisotopic (exact) mass is 923 g/mol. The average molecular weight is 924 g/mol. The second-order valence-electron chi connectivity index (χ2n) is 19.6. The van der Waals surface area contributed by atoms with Crippen LogP contribution >= 0.6 is 11.3 Å². The molecule has 0 amide bonds. The number of allylic oxidation sites excluding steroid dienone is 1. The number of rotatable bonds is 4. The Kier molecular flexibility index (Phi) is 8.19. The second-order valence-corrected chi connectivity index (χ2v) is 20.7. The Morgan fingerprint density at radius 1 is 0.479 bits per heavy atom. The summed E-state index contributed by atoms with van der Waals surface area (Å²) in [5, 5.41) is 32.6. The summed E-state index contributed by atoms with van der Waals surface area (Å²) in [5.74, 6) is 0. The van der Waals surface area contributed by atoms with Crippen LogP contribution in [0.15, 0.2) is 182 Å². The molecule has 0 unspecified atom stereocenters. The molecule has 332 valence electrons. The van der Waals surface area contributed by atoms with Crippen molar-refractivity contribution in [1.82, 2.24) is 13.7 Å². The molecule has 5 nitrogen and oxygen atoms in total. The van der Waals surface area contributed by atoms with Crippen LogP contribution < -0.4 is 0 Å². The lowest BCUT2D eigenvalue weighted by Gasteiger charge is -2.26. The van der Waals surface area contributed by atoms with Crippen LogP contribution in [0, 0.1) is 22.7 Å². The van der Waals surface area contributed by atoms with Crippen LogP contribution in [-0.2, 0) is 11.8 Å². The van der Waals surface area contributed by atoms with E-state index >= 15 is 0 Å². The molecule has 0 N–H and O–H groups in total. The Morgan fingerprint density at radius 3 is 1.55 bits per heavy atom. The van der Waals surface area contributed by atoms with Crippen LogP contribution in [0.3, 0.4) is 0 Å². The second kappa shape index (κ2) is 14.5. The third-order valence-electron chi connectivity index (χ3n) is 15.8. The number of hydrogen-bond acceptors (Lipinski definition) is 3. The summed E-state index contributed by atoms with van der Waals surface area (Å²) in [7, 11) is 0. The lowest BCUT2D eigenvalue weighted by atomic mass is 9.82. The zero-order valence-electron chi connectivity index (χ0n) is 39.0. The average Bonchev–Trinajstić information content (AvgIpc) is 4.20. The van der Waals surface area contributed by atoms with E-state index in [2.05, 4.69) is 228 Å². The van der Waals surface area contributed by atoms with E-state index in [0.717, 1.165) is 106 Å². The van der Waals surface area contributed by atoms with Crippen molar-refractivity contribution in [3.63, 3.8) is 0 Å². The molecule has 4 heterocycles. The fourth-order valence-electron chi connectivity index (χ4n) is 12.8. The summed E-state index contributed by atoms with van der Waals surface area (Å²) in [6.07, 6.45) is 6.49. The highest BCUT2D eigenvalue weighted by molar-refractivity contribution is 7.20. The molecular formula is C65H41N5S. The zero-order valence-corrected chi connectivity index (χ0v) is 39.8. The quantitative estimate of drug-likeness (QED) is 0.177. The van der Waals surface area contributed by atoms with E-state index in [1.807, 2.05) is 11.3 Å². The standard InChI is InChI=1S/C65H41N5S/c1-65(2)50-24-10-3-23-46(50)60-51(65)33-32-45-43-21-8-15-29-56(43)70(62(45)60)61-48(36-66)63(68-52-25-11-4-17-39(52)40-18-5-12-26-53(40)68)59(38-31-34-58-47(35-38)44-22-9-16-30-57(44)71-58)64(49(61)37-67)69-54-27-13-6-19-41(54)42-20-7-14-28-55(42)69/h3-8,10-21,23-35H,9,22H2,1-2H3. The van der Waals surface area contributed by atoms with E-state index < -0.39 is 0 Å². The van der Waals surface area contributed by atoms with Crippen LogP contribution in [0.5, 0.6) is 0 Å². The van der Waals surface area contributed by atoms with E-state index in [1.54, 1.807) is 0 Å². The summed E-state index contributed by atoms with van der Waals surface area (Å²) < 4.78 is 8.17. The largest absolute Gasteiger partial charge is 0.307 e. The van der Waals surface area contributed by atoms with Crippen molar-refractivity contribution in [2.75, 3.05) is 0 Å². The maximum atomic E-state index is 12.5. The Hall–Kier alpha value is -8.94. The third kappa shape index (κ3) is 5.22. The first-order chi connectivity index (χ1) is 35.0. The van der Waals surface area contributed by atoms with E-state index in [0.29, 0.717) is 16.8 Å². The van der Waals surface area contributed by atoms with Gasteiger partial charge in [0.2, 0.25) is 0 Å². The number of aromatic nitrogens is 3. The first-order valence-electron chi connectivity index (χ1n) is 24.4. The van der Waals surface area contributed by atoms with Crippen LogP contribution in [0.25, 0.3) is 121 Å². The van der Waals surface area contributed by atoms with Gasteiger partial charge in [0.05, 0.1) is 50.2 Å². The molecule has 0 radical (unpaired) electrons. The molecule has 9 aromatic carbocycles. The van der Waals surface area contributed by atoms with Gasteiger partial charge in [0, 0.05) is 58.4 Å². The van der Waals surface area contributed by atoms with Crippen molar-refractivity contribution in [2.45, 2.75) is 32.1 Å². The van der Waals surface area contributed by atoms with Gasteiger partial charge in [-0.1, -0.05) is 153 Å². The van der Waals surface area contributed by atoms with Crippen molar-refractivity contribution in [3.8, 4) is 51.5 Å². The molecule has 0 saturated heterocycles. The molecule has 0 saturated carbocycles. The van der Waals surface area contributed by atoms with E-state index in [1.165, 1.54) is 37.2 Å². The van der Waals surface area contributed by atoms with Gasteiger partial charge >= 0.3 is 0 Å². The van der Waals surface area contributed by atoms with E-state index in [9.17, 15) is 10.5 Å². The van der Waals surface area contributed by atoms with Crippen molar-refractivity contribution >= 4 is 92.9 Å². The first kappa shape index (κ1) is 40.0. The van der Waals surface area contributed by atoms with Gasteiger partial charge < -0.3 is 13.7 Å². The Morgan fingerprint density at radius 2 is 0.986 bits per heavy atom. The van der Waals surface area contributed by atoms with Gasteiger partial charge in [-0.2, -0.15) is 10.5 Å². The minimum Gasteiger partial charge on any atom is -0.307 e. The highest BCUT2D eigenvalue weighted by Gasteiger charge is 2.39. The maximum absolute atomic E-state index is 12.5. The molecule has 2 aliphatic rings. The molecule has 4 aromatic heterocycles. The number of hydrogen-bond donors (Lipinski definition) is 0. The lowest BCUT2D eigenvalue weighted by molar-refractivity contribution is 0.661. The summed E-state index contributed by atoms with van der Waals surface area (Å²) in [4.78, 5) is 1.29. The molecule has 6 heteroatoms. The molecule has 0 spiro atoms. The molecule has 15 rings (SSSR count). The molecule has 0 fully saturated rings. The van der Waals surface area contributed by atoms with Gasteiger partial charge in [0.1, 0.15) is 23.3 Å². The SMILES string of the molecule is CC1(C)c2ccccc2-c2c1ccc1c3ccccc3n(-c3c(C#N)c(-n4c5ccccc5c5ccccc54)c(-c4ccc5sc6c(c5c4)CCC=C6)c(-n4c5ccccc5c5ccccc54)c3C#N)c21. The third-order valence-corrected chi connectivity index (χ3v) is 17.0. The predicted molar refractivity (Wildman–Crippen MR) is 295 cm³/mol. The van der Waals surface area contributed by atoms with Gasteiger partial charge in [-0.05, 0) is 94.6 Å². The molecule has 2 aliphatic carbocycles. The molecule has 0 aliphatic heterocycles. The zero-order chi connectivity index (χ0) is 47.3. The Labute approximate surface area is 413 Å². The Bertz CT molecular complexity index is 4390. The minimum atomic E-state index is -0.293. The summed E-state index contributed by atoms with van der Waals surface area (Å²) in [6, 6.07) is 68.7. The number of nitriles is 2. The molecule has 13 aromatic rings. The predicted octanol–water partition coefficient (Wildman–Crippen LogP) is 16.9. The van der Waals surface area contributed by atoms with E-state index in [4.69, 9.17) is 0 Å². The van der Waals surface area contributed by atoms with Crippen molar-refractivity contribution < 1.29 is 0 Å². The Balaban J connectivity index is 1.24. The number of fused-ring (bicyclic) bond motifs is 16. The number of benzene rings is 9. The van der Waals surface area contributed by atoms with Gasteiger partial charge in [-0.15, -0.1) is 11.3 Å². The molecule has 71 heavy (non-hydrogen) atoms. The number of aryl methyl sites for hydroxylation is 1. The van der Waals surface area contributed by atoms with Gasteiger partial charge in [-0.25, -0.2) is 0 Å². The fourth-order valence-corrected chi connectivity index (χ4v) is 14.0. The van der Waals surface area contributed by atoms with Crippen LogP contribution in [-0.4, -0.2) is 13.7 Å².